The molecule has 0 aliphatic carbocycles. The number of hydrogen-bond acceptors (Lipinski definition) is 2. The summed E-state index contributed by atoms with van der Waals surface area (Å²) in [5, 5.41) is 8.37. The van der Waals surface area contributed by atoms with Crippen LogP contribution in [0, 0.1) is 5.92 Å². The molecule has 5 heteroatoms. The molecule has 0 aromatic carbocycles. The molecule has 1 atom stereocenters. The molecule has 1 heterocycles. The molecule has 1 rings (SSSR count). The molecule has 1 saturated heterocycles. The highest BCUT2D eigenvalue weighted by atomic mass is 19.3. The second-order valence-corrected chi connectivity index (χ2v) is 3.33. The molecule has 0 amide bonds. The Balaban J connectivity index is 2.21. The van der Waals surface area contributed by atoms with Gasteiger partial charge in [0.05, 0.1) is 6.42 Å². The van der Waals surface area contributed by atoms with Crippen molar-refractivity contribution in [1.29, 1.82) is 0 Å². The number of carbonyl (C=O) groups is 1. The molecule has 0 aromatic heterocycles. The number of halogens is 2. The van der Waals surface area contributed by atoms with Crippen molar-refractivity contribution in [2.75, 3.05) is 19.6 Å². The minimum absolute atomic E-state index is 0.0377. The molecule has 3 nitrogen and oxygen atoms in total. The van der Waals surface area contributed by atoms with E-state index < -0.39 is 18.3 Å². The van der Waals surface area contributed by atoms with Gasteiger partial charge < -0.3 is 10.0 Å². The number of rotatable bonds is 4. The van der Waals surface area contributed by atoms with Crippen LogP contribution >= 0.6 is 0 Å². The highest BCUT2D eigenvalue weighted by molar-refractivity contribution is 5.66. The van der Waals surface area contributed by atoms with Gasteiger partial charge in [0, 0.05) is 19.0 Å². The zero-order valence-corrected chi connectivity index (χ0v) is 7.25. The van der Waals surface area contributed by atoms with Crippen molar-refractivity contribution < 1.29 is 18.7 Å². The zero-order chi connectivity index (χ0) is 9.84. The lowest BCUT2D eigenvalue weighted by atomic mass is 10.1. The maximum Gasteiger partial charge on any atom is 0.304 e. The fraction of sp³-hybridized carbons (Fsp3) is 0.875. The maximum absolute atomic E-state index is 12.2. The van der Waals surface area contributed by atoms with Crippen LogP contribution in [0.15, 0.2) is 0 Å². The molecule has 0 saturated carbocycles. The van der Waals surface area contributed by atoms with Crippen LogP contribution in [0.5, 0.6) is 0 Å². The summed E-state index contributed by atoms with van der Waals surface area (Å²) in [5.41, 5.74) is 0. The first-order valence-electron chi connectivity index (χ1n) is 4.32. The van der Waals surface area contributed by atoms with Crippen LogP contribution in [0.25, 0.3) is 0 Å². The molecule has 76 valence electrons. The zero-order valence-electron chi connectivity index (χ0n) is 7.25. The average molecular weight is 193 g/mol. The monoisotopic (exact) mass is 193 g/mol. The van der Waals surface area contributed by atoms with Crippen molar-refractivity contribution >= 4 is 5.97 Å². The topological polar surface area (TPSA) is 40.5 Å². The van der Waals surface area contributed by atoms with Gasteiger partial charge in [-0.15, -0.1) is 0 Å². The third kappa shape index (κ3) is 3.26. The maximum atomic E-state index is 12.2. The molecule has 1 aliphatic heterocycles. The van der Waals surface area contributed by atoms with E-state index >= 15 is 0 Å². The molecule has 1 unspecified atom stereocenters. The van der Waals surface area contributed by atoms with Gasteiger partial charge in [0.25, 0.3) is 0 Å². The summed E-state index contributed by atoms with van der Waals surface area (Å²) in [6, 6.07) is 0. The van der Waals surface area contributed by atoms with Crippen LogP contribution in [0.3, 0.4) is 0 Å². The fourth-order valence-electron chi connectivity index (χ4n) is 1.53. The van der Waals surface area contributed by atoms with Crippen molar-refractivity contribution in [3.8, 4) is 0 Å². The van der Waals surface area contributed by atoms with Gasteiger partial charge in [-0.1, -0.05) is 0 Å². The standard InChI is InChI=1S/C8H13F2NO2/c9-8(10)6-1-3-11(5-6)4-2-7(12)13/h6,8H,1-5H2,(H,12,13). The minimum atomic E-state index is -2.27. The fourth-order valence-corrected chi connectivity index (χ4v) is 1.53. The SMILES string of the molecule is O=C(O)CCN1CCC(C(F)F)C1. The predicted molar refractivity (Wildman–Crippen MR) is 42.8 cm³/mol. The molecular formula is C8H13F2NO2. The van der Waals surface area contributed by atoms with E-state index in [4.69, 9.17) is 5.11 Å². The Hall–Kier alpha value is -0.710. The molecule has 0 aromatic rings. The van der Waals surface area contributed by atoms with E-state index in [0.29, 0.717) is 26.1 Å². The molecule has 0 radical (unpaired) electrons. The molecular weight excluding hydrogens is 180 g/mol. The third-order valence-corrected chi connectivity index (χ3v) is 2.31. The highest BCUT2D eigenvalue weighted by Crippen LogP contribution is 2.22. The predicted octanol–water partition coefficient (Wildman–Crippen LogP) is 1.05. The summed E-state index contributed by atoms with van der Waals surface area (Å²) in [6.07, 6.45) is -1.75. The van der Waals surface area contributed by atoms with Crippen molar-refractivity contribution in [3.05, 3.63) is 0 Å². The Labute approximate surface area is 75.3 Å². The van der Waals surface area contributed by atoms with E-state index in [-0.39, 0.29) is 6.42 Å². The first-order valence-corrected chi connectivity index (χ1v) is 4.32. The summed E-state index contributed by atoms with van der Waals surface area (Å²) in [7, 11) is 0. The van der Waals surface area contributed by atoms with Crippen LogP contribution < -0.4 is 0 Å². The Morgan fingerprint density at radius 3 is 2.77 bits per heavy atom. The van der Waals surface area contributed by atoms with E-state index in [1.165, 1.54) is 0 Å². The lowest BCUT2D eigenvalue weighted by Crippen LogP contribution is -2.25. The summed E-state index contributed by atoms with van der Waals surface area (Å²) in [4.78, 5) is 12.0. The highest BCUT2D eigenvalue weighted by Gasteiger charge is 2.29. The summed E-state index contributed by atoms with van der Waals surface area (Å²) in [5.74, 6) is -1.44. The van der Waals surface area contributed by atoms with Crippen LogP contribution in [0.2, 0.25) is 0 Å². The number of alkyl halides is 2. The number of carboxylic acids is 1. The quantitative estimate of drug-likeness (QED) is 0.725. The van der Waals surface area contributed by atoms with Crippen molar-refractivity contribution in [3.63, 3.8) is 0 Å². The number of carboxylic acid groups (broad SMARTS) is 1. The third-order valence-electron chi connectivity index (χ3n) is 2.31. The molecule has 13 heavy (non-hydrogen) atoms. The van der Waals surface area contributed by atoms with E-state index in [1.54, 1.807) is 4.90 Å². The number of hydrogen-bond donors (Lipinski definition) is 1. The molecule has 0 bridgehead atoms. The lowest BCUT2D eigenvalue weighted by Gasteiger charge is -2.13. The van der Waals surface area contributed by atoms with Crippen LogP contribution in [-0.4, -0.2) is 42.0 Å². The Morgan fingerprint density at radius 1 is 1.62 bits per heavy atom. The van der Waals surface area contributed by atoms with Crippen molar-refractivity contribution in [1.82, 2.24) is 4.90 Å². The number of nitrogens with zero attached hydrogens (tertiary/aromatic N) is 1. The first kappa shape index (κ1) is 10.4. The second-order valence-electron chi connectivity index (χ2n) is 3.33. The molecule has 1 aliphatic rings. The number of aliphatic carboxylic acids is 1. The Kier molecular flexibility index (Phi) is 3.59. The van der Waals surface area contributed by atoms with E-state index in [9.17, 15) is 13.6 Å². The van der Waals surface area contributed by atoms with Crippen molar-refractivity contribution in [2.24, 2.45) is 5.92 Å². The largest absolute Gasteiger partial charge is 0.481 e. The van der Waals surface area contributed by atoms with Crippen molar-refractivity contribution in [2.45, 2.75) is 19.3 Å². The summed E-state index contributed by atoms with van der Waals surface area (Å²) < 4.78 is 24.3. The van der Waals surface area contributed by atoms with Gasteiger partial charge >= 0.3 is 5.97 Å². The number of likely N-dealkylation sites (tertiary alicyclic amines) is 1. The summed E-state index contributed by atoms with van der Waals surface area (Å²) in [6.45, 7) is 1.33. The van der Waals surface area contributed by atoms with Crippen LogP contribution in [0.4, 0.5) is 8.78 Å². The van der Waals surface area contributed by atoms with Gasteiger partial charge in [0.15, 0.2) is 0 Å². The van der Waals surface area contributed by atoms with Crippen LogP contribution in [-0.2, 0) is 4.79 Å². The minimum Gasteiger partial charge on any atom is -0.481 e. The normalized spacial score (nSPS) is 24.1. The van der Waals surface area contributed by atoms with Gasteiger partial charge in [-0.3, -0.25) is 4.79 Å². The van der Waals surface area contributed by atoms with Gasteiger partial charge in [-0.2, -0.15) is 0 Å². The van der Waals surface area contributed by atoms with Crippen LogP contribution in [0.1, 0.15) is 12.8 Å². The first-order chi connectivity index (χ1) is 6.09. The summed E-state index contributed by atoms with van der Waals surface area (Å²) >= 11 is 0. The Morgan fingerprint density at radius 2 is 2.31 bits per heavy atom. The second kappa shape index (κ2) is 4.50. The Bertz CT molecular complexity index is 187. The lowest BCUT2D eigenvalue weighted by molar-refractivity contribution is -0.137. The van der Waals surface area contributed by atoms with Gasteiger partial charge in [-0.05, 0) is 13.0 Å². The van der Waals surface area contributed by atoms with E-state index in [1.807, 2.05) is 0 Å². The van der Waals surface area contributed by atoms with Gasteiger partial charge in [0.2, 0.25) is 6.43 Å². The van der Waals surface area contributed by atoms with E-state index in [0.717, 1.165) is 0 Å². The smallest absolute Gasteiger partial charge is 0.304 e. The van der Waals surface area contributed by atoms with Gasteiger partial charge in [0.1, 0.15) is 0 Å². The molecule has 1 N–H and O–H groups in total. The average Bonchev–Trinajstić information content (AvgIpc) is 2.48. The van der Waals surface area contributed by atoms with Gasteiger partial charge in [-0.25, -0.2) is 8.78 Å². The molecule has 0 spiro atoms. The molecule has 1 fully saturated rings. The van der Waals surface area contributed by atoms with E-state index in [2.05, 4.69) is 0 Å².